The molecule has 1 unspecified atom stereocenters. The van der Waals surface area contributed by atoms with Crippen molar-refractivity contribution in [2.24, 2.45) is 0 Å². The van der Waals surface area contributed by atoms with E-state index in [1.54, 1.807) is 0 Å². The van der Waals surface area contributed by atoms with Gasteiger partial charge in [-0.15, -0.1) is 0 Å². The van der Waals surface area contributed by atoms with E-state index >= 15 is 0 Å². The fraction of sp³-hybridized carbons (Fsp3) is 1.00. The van der Waals surface area contributed by atoms with Gasteiger partial charge in [0.05, 0.1) is 0 Å². The molecule has 1 fully saturated rings. The highest BCUT2D eigenvalue weighted by Gasteiger charge is 2.19. The first kappa shape index (κ1) is 14.9. The number of piperazine rings is 1. The Bertz CT molecular complexity index is 194. The van der Waals surface area contributed by atoms with Crippen molar-refractivity contribution >= 4 is 0 Å². The second kappa shape index (κ2) is 8.06. The van der Waals surface area contributed by atoms with Crippen LogP contribution in [0.2, 0.25) is 0 Å². The van der Waals surface area contributed by atoms with E-state index in [4.69, 9.17) is 0 Å². The Morgan fingerprint density at radius 3 is 2.59 bits per heavy atom. The number of hydrogen-bond acceptors (Lipinski definition) is 3. The zero-order valence-corrected chi connectivity index (χ0v) is 12.2. The second-order valence-electron chi connectivity index (χ2n) is 5.80. The third-order valence-corrected chi connectivity index (χ3v) is 3.75. The summed E-state index contributed by atoms with van der Waals surface area (Å²) in [6.07, 6.45) is 4.04. The standard InChI is InChI=1S/C14H31N3/c1-13(2)15-8-6-5-7-9-17-11-10-16(4)14(3)12-17/h13-15H,5-12H2,1-4H3. The zero-order chi connectivity index (χ0) is 12.7. The lowest BCUT2D eigenvalue weighted by Gasteiger charge is -2.37. The van der Waals surface area contributed by atoms with E-state index in [9.17, 15) is 0 Å². The Balaban J connectivity index is 1.96. The highest BCUT2D eigenvalue weighted by Crippen LogP contribution is 2.08. The van der Waals surface area contributed by atoms with Crippen molar-refractivity contribution in [3.63, 3.8) is 0 Å². The summed E-state index contributed by atoms with van der Waals surface area (Å²) in [5.74, 6) is 0. The highest BCUT2D eigenvalue weighted by molar-refractivity contribution is 4.76. The smallest absolute Gasteiger partial charge is 0.0192 e. The molecule has 1 rings (SSSR count). The highest BCUT2D eigenvalue weighted by atomic mass is 15.3. The van der Waals surface area contributed by atoms with Gasteiger partial charge in [-0.05, 0) is 39.9 Å². The Kier molecular flexibility index (Phi) is 7.09. The van der Waals surface area contributed by atoms with Crippen LogP contribution in [0, 0.1) is 0 Å². The molecule has 1 aliphatic rings. The first-order valence-corrected chi connectivity index (χ1v) is 7.25. The molecular formula is C14H31N3. The largest absolute Gasteiger partial charge is 0.315 e. The first-order valence-electron chi connectivity index (χ1n) is 7.25. The summed E-state index contributed by atoms with van der Waals surface area (Å²) in [5, 5.41) is 3.48. The molecule has 0 spiro atoms. The summed E-state index contributed by atoms with van der Waals surface area (Å²) in [6, 6.07) is 1.36. The second-order valence-corrected chi connectivity index (χ2v) is 5.80. The first-order chi connectivity index (χ1) is 8.09. The average Bonchev–Trinajstić information content (AvgIpc) is 2.27. The summed E-state index contributed by atoms with van der Waals surface area (Å²) >= 11 is 0. The van der Waals surface area contributed by atoms with Gasteiger partial charge in [0.25, 0.3) is 0 Å². The van der Waals surface area contributed by atoms with Gasteiger partial charge in [-0.1, -0.05) is 20.3 Å². The van der Waals surface area contributed by atoms with Gasteiger partial charge in [0, 0.05) is 31.7 Å². The molecule has 0 aliphatic carbocycles. The monoisotopic (exact) mass is 241 g/mol. The minimum absolute atomic E-state index is 0.633. The predicted molar refractivity (Wildman–Crippen MR) is 75.5 cm³/mol. The maximum Gasteiger partial charge on any atom is 0.0192 e. The summed E-state index contributed by atoms with van der Waals surface area (Å²) in [5.41, 5.74) is 0. The van der Waals surface area contributed by atoms with Crippen LogP contribution < -0.4 is 5.32 Å². The van der Waals surface area contributed by atoms with E-state index < -0.39 is 0 Å². The molecule has 0 radical (unpaired) electrons. The van der Waals surface area contributed by atoms with Crippen LogP contribution in [0.25, 0.3) is 0 Å². The Hall–Kier alpha value is -0.120. The summed E-state index contributed by atoms with van der Waals surface area (Å²) in [4.78, 5) is 5.09. The van der Waals surface area contributed by atoms with Gasteiger partial charge in [-0.25, -0.2) is 0 Å². The van der Waals surface area contributed by atoms with E-state index in [0.29, 0.717) is 6.04 Å². The molecule has 0 bridgehead atoms. The quantitative estimate of drug-likeness (QED) is 0.686. The van der Waals surface area contributed by atoms with Crippen molar-refractivity contribution in [3.05, 3.63) is 0 Å². The van der Waals surface area contributed by atoms with Crippen molar-refractivity contribution in [1.29, 1.82) is 0 Å². The topological polar surface area (TPSA) is 18.5 Å². The lowest BCUT2D eigenvalue weighted by Crippen LogP contribution is -2.50. The summed E-state index contributed by atoms with van der Waals surface area (Å²) in [6.45, 7) is 13.0. The normalized spacial score (nSPS) is 23.5. The number of hydrogen-bond donors (Lipinski definition) is 1. The molecule has 17 heavy (non-hydrogen) atoms. The van der Waals surface area contributed by atoms with E-state index in [-0.39, 0.29) is 0 Å². The maximum absolute atomic E-state index is 3.48. The lowest BCUT2D eigenvalue weighted by molar-refractivity contribution is 0.104. The van der Waals surface area contributed by atoms with Crippen LogP contribution >= 0.6 is 0 Å². The molecule has 1 aliphatic heterocycles. The number of nitrogens with zero attached hydrogens (tertiary/aromatic N) is 2. The minimum atomic E-state index is 0.633. The molecule has 102 valence electrons. The van der Waals surface area contributed by atoms with Crippen molar-refractivity contribution in [2.45, 2.75) is 52.1 Å². The molecule has 1 heterocycles. The third-order valence-electron chi connectivity index (χ3n) is 3.75. The molecule has 1 saturated heterocycles. The lowest BCUT2D eigenvalue weighted by atomic mass is 10.1. The fourth-order valence-electron chi connectivity index (χ4n) is 2.35. The number of likely N-dealkylation sites (N-methyl/N-ethyl adjacent to an activating group) is 1. The van der Waals surface area contributed by atoms with Gasteiger partial charge in [0.2, 0.25) is 0 Å². The van der Waals surface area contributed by atoms with E-state index in [1.807, 2.05) is 0 Å². The molecule has 0 saturated carbocycles. The van der Waals surface area contributed by atoms with Gasteiger partial charge < -0.3 is 15.1 Å². The molecular weight excluding hydrogens is 210 g/mol. The van der Waals surface area contributed by atoms with Crippen LogP contribution in [0.4, 0.5) is 0 Å². The molecule has 0 aromatic rings. The maximum atomic E-state index is 3.48. The number of nitrogens with one attached hydrogen (secondary N) is 1. The SMILES string of the molecule is CC(C)NCCCCCN1CCN(C)C(C)C1. The Labute approximate surface area is 108 Å². The molecule has 0 aromatic heterocycles. The minimum Gasteiger partial charge on any atom is -0.315 e. The molecule has 0 aromatic carbocycles. The van der Waals surface area contributed by atoms with Crippen LogP contribution in [0.15, 0.2) is 0 Å². The average molecular weight is 241 g/mol. The van der Waals surface area contributed by atoms with Gasteiger partial charge in [-0.2, -0.15) is 0 Å². The van der Waals surface area contributed by atoms with Crippen molar-refractivity contribution in [3.8, 4) is 0 Å². The number of unbranched alkanes of at least 4 members (excludes halogenated alkanes) is 2. The summed E-state index contributed by atoms with van der Waals surface area (Å²) in [7, 11) is 2.24. The van der Waals surface area contributed by atoms with E-state index in [1.165, 1.54) is 52.0 Å². The van der Waals surface area contributed by atoms with E-state index in [2.05, 4.69) is 42.9 Å². The van der Waals surface area contributed by atoms with Crippen LogP contribution in [-0.4, -0.2) is 61.7 Å². The molecule has 0 amide bonds. The number of rotatable bonds is 7. The molecule has 3 nitrogen and oxygen atoms in total. The van der Waals surface area contributed by atoms with Crippen LogP contribution in [0.1, 0.15) is 40.0 Å². The molecule has 1 atom stereocenters. The van der Waals surface area contributed by atoms with Gasteiger partial charge >= 0.3 is 0 Å². The van der Waals surface area contributed by atoms with Gasteiger partial charge in [-0.3, -0.25) is 0 Å². The molecule has 1 N–H and O–H groups in total. The zero-order valence-electron chi connectivity index (χ0n) is 12.2. The van der Waals surface area contributed by atoms with Crippen molar-refractivity contribution in [2.75, 3.05) is 39.8 Å². The van der Waals surface area contributed by atoms with Crippen molar-refractivity contribution in [1.82, 2.24) is 15.1 Å². The van der Waals surface area contributed by atoms with Crippen LogP contribution in [0.3, 0.4) is 0 Å². The van der Waals surface area contributed by atoms with E-state index in [0.717, 1.165) is 6.04 Å². The van der Waals surface area contributed by atoms with Crippen molar-refractivity contribution < 1.29 is 0 Å². The molecule has 3 heteroatoms. The predicted octanol–water partition coefficient (Wildman–Crippen LogP) is 1.79. The third kappa shape index (κ3) is 6.39. The van der Waals surface area contributed by atoms with Crippen LogP contribution in [0.5, 0.6) is 0 Å². The van der Waals surface area contributed by atoms with Gasteiger partial charge in [0.1, 0.15) is 0 Å². The van der Waals surface area contributed by atoms with Gasteiger partial charge in [0.15, 0.2) is 0 Å². The fourth-order valence-corrected chi connectivity index (χ4v) is 2.35. The van der Waals surface area contributed by atoms with Crippen LogP contribution in [-0.2, 0) is 0 Å². The Morgan fingerprint density at radius 2 is 1.94 bits per heavy atom. The summed E-state index contributed by atoms with van der Waals surface area (Å²) < 4.78 is 0. The Morgan fingerprint density at radius 1 is 1.18 bits per heavy atom.